The molecule has 1 amide bonds. The molecular formula is C15H17N5O2S. The van der Waals surface area contributed by atoms with Gasteiger partial charge in [-0.25, -0.2) is 4.98 Å². The summed E-state index contributed by atoms with van der Waals surface area (Å²) in [5.74, 6) is 1.67. The number of para-hydroxylation sites is 2. The number of thioether (sulfide) groups is 1. The smallest absolute Gasteiger partial charge is 0.277 e. The van der Waals surface area contributed by atoms with Crippen LogP contribution in [0.15, 0.2) is 33.9 Å². The van der Waals surface area contributed by atoms with Gasteiger partial charge in [-0.1, -0.05) is 23.9 Å². The zero-order valence-electron chi connectivity index (χ0n) is 12.7. The maximum absolute atomic E-state index is 11.4. The van der Waals surface area contributed by atoms with E-state index in [1.165, 1.54) is 11.8 Å². The van der Waals surface area contributed by atoms with Crippen LogP contribution in [0.2, 0.25) is 0 Å². The SMILES string of the molecule is CCNC(=O)CSc1nnc(CCc2nc3ccccc3[nH]2)o1. The van der Waals surface area contributed by atoms with Crippen LogP contribution in [0.25, 0.3) is 11.0 Å². The number of imidazole rings is 1. The highest BCUT2D eigenvalue weighted by molar-refractivity contribution is 7.99. The molecule has 3 rings (SSSR count). The van der Waals surface area contributed by atoms with Crippen molar-refractivity contribution in [1.29, 1.82) is 0 Å². The van der Waals surface area contributed by atoms with E-state index in [9.17, 15) is 4.79 Å². The third-order valence-corrected chi connectivity index (χ3v) is 3.98. The largest absolute Gasteiger partial charge is 0.416 e. The molecule has 0 bridgehead atoms. The van der Waals surface area contributed by atoms with Crippen molar-refractivity contribution < 1.29 is 9.21 Å². The van der Waals surface area contributed by atoms with Gasteiger partial charge in [0.2, 0.25) is 11.8 Å². The van der Waals surface area contributed by atoms with Gasteiger partial charge in [-0.15, -0.1) is 10.2 Å². The predicted octanol–water partition coefficient (Wildman–Crippen LogP) is 1.96. The molecule has 0 saturated heterocycles. The molecule has 2 N–H and O–H groups in total. The summed E-state index contributed by atoms with van der Waals surface area (Å²) in [6, 6.07) is 7.90. The van der Waals surface area contributed by atoms with E-state index in [0.717, 1.165) is 16.9 Å². The summed E-state index contributed by atoms with van der Waals surface area (Å²) in [6.07, 6.45) is 1.30. The molecule has 0 fully saturated rings. The van der Waals surface area contributed by atoms with Crippen LogP contribution in [0, 0.1) is 0 Å². The maximum atomic E-state index is 11.4. The molecule has 0 aliphatic heterocycles. The Bertz CT molecular complexity index is 765. The second kappa shape index (κ2) is 7.28. The molecule has 0 aliphatic rings. The lowest BCUT2D eigenvalue weighted by Crippen LogP contribution is -2.24. The van der Waals surface area contributed by atoms with Crippen LogP contribution >= 0.6 is 11.8 Å². The number of carbonyl (C=O) groups is 1. The third kappa shape index (κ3) is 4.10. The van der Waals surface area contributed by atoms with Crippen LogP contribution < -0.4 is 5.32 Å². The molecule has 0 radical (unpaired) electrons. The first-order valence-corrected chi connectivity index (χ1v) is 8.38. The Hall–Kier alpha value is -2.35. The molecule has 120 valence electrons. The number of hydrogen-bond donors (Lipinski definition) is 2. The number of rotatable bonds is 7. The molecule has 1 aromatic carbocycles. The summed E-state index contributed by atoms with van der Waals surface area (Å²) < 4.78 is 5.53. The second-order valence-electron chi connectivity index (χ2n) is 4.90. The zero-order valence-corrected chi connectivity index (χ0v) is 13.5. The van der Waals surface area contributed by atoms with Gasteiger partial charge >= 0.3 is 0 Å². The van der Waals surface area contributed by atoms with Crippen molar-refractivity contribution in [2.45, 2.75) is 25.0 Å². The van der Waals surface area contributed by atoms with E-state index < -0.39 is 0 Å². The summed E-state index contributed by atoms with van der Waals surface area (Å²) in [4.78, 5) is 19.2. The fourth-order valence-corrected chi connectivity index (χ4v) is 2.73. The van der Waals surface area contributed by atoms with Gasteiger partial charge in [-0.2, -0.15) is 0 Å². The average molecular weight is 331 g/mol. The van der Waals surface area contributed by atoms with Gasteiger partial charge in [0.25, 0.3) is 5.22 Å². The number of nitrogens with zero attached hydrogens (tertiary/aromatic N) is 3. The molecule has 0 unspecified atom stereocenters. The molecule has 0 spiro atoms. The van der Waals surface area contributed by atoms with Gasteiger partial charge in [0.05, 0.1) is 16.8 Å². The molecule has 0 aliphatic carbocycles. The number of hydrogen-bond acceptors (Lipinski definition) is 6. The van der Waals surface area contributed by atoms with Crippen molar-refractivity contribution in [3.8, 4) is 0 Å². The fraction of sp³-hybridized carbons (Fsp3) is 0.333. The first-order valence-electron chi connectivity index (χ1n) is 7.40. The molecular weight excluding hydrogens is 314 g/mol. The minimum absolute atomic E-state index is 0.0421. The molecule has 0 atom stereocenters. The highest BCUT2D eigenvalue weighted by Gasteiger charge is 2.10. The van der Waals surface area contributed by atoms with E-state index in [0.29, 0.717) is 30.5 Å². The Morgan fingerprint density at radius 1 is 1.30 bits per heavy atom. The first-order chi connectivity index (χ1) is 11.2. The van der Waals surface area contributed by atoms with E-state index in [4.69, 9.17) is 4.42 Å². The number of fused-ring (bicyclic) bond motifs is 1. The highest BCUT2D eigenvalue weighted by atomic mass is 32.2. The summed E-state index contributed by atoms with van der Waals surface area (Å²) in [6.45, 7) is 2.50. The fourth-order valence-electron chi connectivity index (χ4n) is 2.12. The normalized spacial score (nSPS) is 11.0. The van der Waals surface area contributed by atoms with Gasteiger partial charge in [0.15, 0.2) is 0 Å². The van der Waals surface area contributed by atoms with Gasteiger partial charge in [-0.05, 0) is 19.1 Å². The van der Waals surface area contributed by atoms with Crippen LogP contribution in [-0.4, -0.2) is 38.4 Å². The molecule has 3 aromatic rings. The quantitative estimate of drug-likeness (QED) is 0.642. The Kier molecular flexibility index (Phi) is 4.92. The topological polar surface area (TPSA) is 96.7 Å². The molecule has 8 heteroatoms. The number of benzene rings is 1. The molecule has 0 saturated carbocycles. The lowest BCUT2D eigenvalue weighted by atomic mass is 10.3. The first kappa shape index (κ1) is 15.5. The Morgan fingerprint density at radius 3 is 3.00 bits per heavy atom. The van der Waals surface area contributed by atoms with Gasteiger partial charge < -0.3 is 14.7 Å². The number of carbonyl (C=O) groups excluding carboxylic acids is 1. The Balaban J connectivity index is 1.53. The Morgan fingerprint density at radius 2 is 2.17 bits per heavy atom. The minimum atomic E-state index is -0.0421. The number of H-pyrrole nitrogens is 1. The van der Waals surface area contributed by atoms with Gasteiger partial charge in [0.1, 0.15) is 5.82 Å². The number of aromatic nitrogens is 4. The van der Waals surface area contributed by atoms with Crippen LogP contribution in [0.5, 0.6) is 0 Å². The summed E-state index contributed by atoms with van der Waals surface area (Å²) in [5, 5.41) is 11.1. The molecule has 2 heterocycles. The van der Waals surface area contributed by atoms with E-state index in [1.54, 1.807) is 0 Å². The number of aryl methyl sites for hydroxylation is 2. The zero-order chi connectivity index (χ0) is 16.1. The number of nitrogens with one attached hydrogen (secondary N) is 2. The molecule has 2 aromatic heterocycles. The summed E-state index contributed by atoms with van der Waals surface area (Å²) in [7, 11) is 0. The maximum Gasteiger partial charge on any atom is 0.277 e. The molecule has 7 nitrogen and oxygen atoms in total. The highest BCUT2D eigenvalue weighted by Crippen LogP contribution is 2.17. The monoisotopic (exact) mass is 331 g/mol. The van der Waals surface area contributed by atoms with E-state index in [-0.39, 0.29) is 11.7 Å². The van der Waals surface area contributed by atoms with Crippen molar-refractivity contribution in [3.05, 3.63) is 36.0 Å². The van der Waals surface area contributed by atoms with Crippen LogP contribution in [-0.2, 0) is 17.6 Å². The van der Waals surface area contributed by atoms with Crippen LogP contribution in [0.3, 0.4) is 0 Å². The van der Waals surface area contributed by atoms with E-state index in [2.05, 4.69) is 25.5 Å². The van der Waals surface area contributed by atoms with E-state index in [1.807, 2.05) is 31.2 Å². The molecule has 23 heavy (non-hydrogen) atoms. The number of aromatic amines is 1. The van der Waals surface area contributed by atoms with Crippen molar-refractivity contribution in [2.75, 3.05) is 12.3 Å². The summed E-state index contributed by atoms with van der Waals surface area (Å²) >= 11 is 1.24. The van der Waals surface area contributed by atoms with Crippen molar-refractivity contribution in [1.82, 2.24) is 25.5 Å². The van der Waals surface area contributed by atoms with Crippen LogP contribution in [0.1, 0.15) is 18.6 Å². The van der Waals surface area contributed by atoms with Gasteiger partial charge in [0, 0.05) is 19.4 Å². The number of amides is 1. The van der Waals surface area contributed by atoms with Gasteiger partial charge in [-0.3, -0.25) is 4.79 Å². The standard InChI is InChI=1S/C15H17N5O2S/c1-2-16-13(21)9-23-15-20-19-14(22-15)8-7-12-17-10-5-3-4-6-11(10)18-12/h3-6H,2,7-9H2,1H3,(H,16,21)(H,17,18). The van der Waals surface area contributed by atoms with Crippen LogP contribution in [0.4, 0.5) is 0 Å². The summed E-state index contributed by atoms with van der Waals surface area (Å²) in [5.41, 5.74) is 1.97. The van der Waals surface area contributed by atoms with E-state index >= 15 is 0 Å². The van der Waals surface area contributed by atoms with Crippen molar-refractivity contribution in [3.63, 3.8) is 0 Å². The third-order valence-electron chi connectivity index (χ3n) is 3.16. The minimum Gasteiger partial charge on any atom is -0.416 e. The predicted molar refractivity (Wildman–Crippen MR) is 87.2 cm³/mol. The second-order valence-corrected chi connectivity index (χ2v) is 5.83. The average Bonchev–Trinajstić information content (AvgIpc) is 3.17. The lowest BCUT2D eigenvalue weighted by molar-refractivity contribution is -0.118. The van der Waals surface area contributed by atoms with Crippen molar-refractivity contribution in [2.24, 2.45) is 0 Å². The Labute approximate surface area is 137 Å². The van der Waals surface area contributed by atoms with Crippen molar-refractivity contribution >= 4 is 28.7 Å². The lowest BCUT2D eigenvalue weighted by Gasteiger charge is -1.98.